The minimum Gasteiger partial charge on any atom is -0.495 e. The van der Waals surface area contributed by atoms with Crippen molar-refractivity contribution in [2.75, 3.05) is 31.6 Å². The Labute approximate surface area is 179 Å². The van der Waals surface area contributed by atoms with Gasteiger partial charge in [0.05, 0.1) is 22.6 Å². The molecule has 2 aromatic rings. The molecule has 0 bridgehead atoms. The molecule has 2 aromatic carbocycles. The predicted octanol–water partition coefficient (Wildman–Crippen LogP) is 3.19. The third-order valence-electron chi connectivity index (χ3n) is 5.36. The van der Waals surface area contributed by atoms with E-state index in [0.717, 1.165) is 10.7 Å². The van der Waals surface area contributed by atoms with E-state index in [0.29, 0.717) is 13.1 Å². The highest BCUT2D eigenvalue weighted by Crippen LogP contribution is 2.35. The molecule has 7 nitrogen and oxygen atoms in total. The van der Waals surface area contributed by atoms with Crippen LogP contribution in [-0.4, -0.2) is 48.4 Å². The zero-order chi connectivity index (χ0) is 22.1. The van der Waals surface area contributed by atoms with Crippen molar-refractivity contribution in [3.63, 3.8) is 0 Å². The van der Waals surface area contributed by atoms with Crippen LogP contribution in [0.3, 0.4) is 0 Å². The Bertz CT molecular complexity index is 1090. The van der Waals surface area contributed by atoms with Crippen LogP contribution in [0.5, 0.6) is 5.75 Å². The van der Waals surface area contributed by atoms with Crippen LogP contribution in [0.4, 0.5) is 5.69 Å². The molecule has 1 fully saturated rings. The Hall–Kier alpha value is -2.10. The SMILES string of the molecule is COc1ccc(S(=O)(=O)N2CC(C)CC(C)C2)cc1N(C)S(=O)(=O)c1ccccc1. The van der Waals surface area contributed by atoms with E-state index in [1.165, 1.54) is 48.8 Å². The minimum absolute atomic E-state index is 0.0507. The molecule has 0 amide bonds. The number of benzene rings is 2. The quantitative estimate of drug-likeness (QED) is 0.672. The molecule has 2 atom stereocenters. The highest BCUT2D eigenvalue weighted by atomic mass is 32.2. The molecule has 1 saturated heterocycles. The number of hydrogen-bond acceptors (Lipinski definition) is 5. The highest BCUT2D eigenvalue weighted by Gasteiger charge is 2.33. The summed E-state index contributed by atoms with van der Waals surface area (Å²) >= 11 is 0. The first-order chi connectivity index (χ1) is 14.1. The van der Waals surface area contributed by atoms with Gasteiger partial charge in [-0.15, -0.1) is 0 Å². The summed E-state index contributed by atoms with van der Waals surface area (Å²) in [5.74, 6) is 0.807. The van der Waals surface area contributed by atoms with Crippen molar-refractivity contribution < 1.29 is 21.6 Å². The van der Waals surface area contributed by atoms with E-state index in [9.17, 15) is 16.8 Å². The fraction of sp³-hybridized carbons (Fsp3) is 0.429. The summed E-state index contributed by atoms with van der Waals surface area (Å²) in [4.78, 5) is 0.163. The van der Waals surface area contributed by atoms with E-state index in [1.807, 2.05) is 13.8 Å². The number of sulfonamides is 2. The Kier molecular flexibility index (Phi) is 6.45. The summed E-state index contributed by atoms with van der Waals surface area (Å²) in [7, 11) is -4.84. The summed E-state index contributed by atoms with van der Waals surface area (Å²) in [5.41, 5.74) is 0.167. The summed E-state index contributed by atoms with van der Waals surface area (Å²) in [6.45, 7) is 4.98. The number of nitrogens with zero attached hydrogens (tertiary/aromatic N) is 2. The number of anilines is 1. The first kappa shape index (κ1) is 22.6. The average molecular weight is 453 g/mol. The molecule has 1 aliphatic rings. The zero-order valence-corrected chi connectivity index (χ0v) is 19.3. The molecule has 0 radical (unpaired) electrons. The largest absolute Gasteiger partial charge is 0.495 e. The summed E-state index contributed by atoms with van der Waals surface area (Å²) in [6, 6.07) is 12.3. The van der Waals surface area contributed by atoms with E-state index >= 15 is 0 Å². The first-order valence-electron chi connectivity index (χ1n) is 9.79. The fourth-order valence-corrected chi connectivity index (χ4v) is 6.83. The lowest BCUT2D eigenvalue weighted by atomic mass is 9.94. The van der Waals surface area contributed by atoms with Crippen molar-refractivity contribution in [1.82, 2.24) is 4.31 Å². The van der Waals surface area contributed by atoms with Gasteiger partial charge in [0.15, 0.2) is 0 Å². The predicted molar refractivity (Wildman–Crippen MR) is 117 cm³/mol. The van der Waals surface area contributed by atoms with Gasteiger partial charge in [-0.1, -0.05) is 32.0 Å². The van der Waals surface area contributed by atoms with Crippen LogP contribution in [0.15, 0.2) is 58.3 Å². The number of methoxy groups -OCH3 is 1. The second kappa shape index (κ2) is 8.56. The third-order valence-corrected chi connectivity index (χ3v) is 8.98. The zero-order valence-electron chi connectivity index (χ0n) is 17.6. The monoisotopic (exact) mass is 452 g/mol. The van der Waals surface area contributed by atoms with Crippen molar-refractivity contribution >= 4 is 25.7 Å². The maximum absolute atomic E-state index is 13.3. The van der Waals surface area contributed by atoms with Crippen molar-refractivity contribution in [3.05, 3.63) is 48.5 Å². The van der Waals surface area contributed by atoms with Gasteiger partial charge in [0.25, 0.3) is 10.0 Å². The normalized spacial score (nSPS) is 20.7. The number of piperidine rings is 1. The Morgan fingerprint density at radius 3 is 2.10 bits per heavy atom. The Morgan fingerprint density at radius 2 is 1.53 bits per heavy atom. The lowest BCUT2D eigenvalue weighted by Gasteiger charge is -2.34. The van der Waals surface area contributed by atoms with Crippen LogP contribution < -0.4 is 9.04 Å². The van der Waals surface area contributed by atoms with Gasteiger partial charge in [-0.25, -0.2) is 16.8 Å². The molecule has 1 aliphatic heterocycles. The van der Waals surface area contributed by atoms with Gasteiger partial charge >= 0.3 is 0 Å². The third kappa shape index (κ3) is 4.33. The van der Waals surface area contributed by atoms with Crippen LogP contribution in [0, 0.1) is 11.8 Å². The van der Waals surface area contributed by atoms with E-state index in [4.69, 9.17) is 4.74 Å². The van der Waals surface area contributed by atoms with Gasteiger partial charge in [-0.2, -0.15) is 4.31 Å². The maximum Gasteiger partial charge on any atom is 0.264 e. The van der Waals surface area contributed by atoms with Gasteiger partial charge < -0.3 is 4.74 Å². The second-order valence-corrected chi connectivity index (χ2v) is 11.8. The number of rotatable bonds is 6. The lowest BCUT2D eigenvalue weighted by molar-refractivity contribution is 0.222. The number of ether oxygens (including phenoxy) is 1. The van der Waals surface area contributed by atoms with Crippen molar-refractivity contribution in [1.29, 1.82) is 0 Å². The summed E-state index contributed by atoms with van der Waals surface area (Å²) in [6.07, 6.45) is 0.984. The molecule has 1 heterocycles. The van der Waals surface area contributed by atoms with Gasteiger partial charge in [-0.3, -0.25) is 4.31 Å². The molecule has 30 heavy (non-hydrogen) atoms. The van der Waals surface area contributed by atoms with Crippen molar-refractivity contribution in [2.24, 2.45) is 11.8 Å². The lowest BCUT2D eigenvalue weighted by Crippen LogP contribution is -2.42. The molecule has 0 aromatic heterocycles. The van der Waals surface area contributed by atoms with Crippen LogP contribution >= 0.6 is 0 Å². The summed E-state index contributed by atoms with van der Waals surface area (Å²) in [5, 5.41) is 0. The molecule has 0 spiro atoms. The minimum atomic E-state index is -3.88. The smallest absolute Gasteiger partial charge is 0.264 e. The van der Waals surface area contributed by atoms with E-state index < -0.39 is 20.0 Å². The van der Waals surface area contributed by atoms with Gasteiger partial charge in [0.1, 0.15) is 5.75 Å². The van der Waals surface area contributed by atoms with Crippen molar-refractivity contribution in [3.8, 4) is 5.75 Å². The average Bonchev–Trinajstić information content (AvgIpc) is 2.72. The van der Waals surface area contributed by atoms with Crippen LogP contribution in [0.1, 0.15) is 20.3 Å². The Balaban J connectivity index is 2.04. The van der Waals surface area contributed by atoms with Gasteiger partial charge in [0, 0.05) is 20.1 Å². The molecule has 0 aliphatic carbocycles. The molecular formula is C21H28N2O5S2. The van der Waals surface area contributed by atoms with Crippen LogP contribution in [-0.2, 0) is 20.0 Å². The van der Waals surface area contributed by atoms with Gasteiger partial charge in [-0.05, 0) is 48.6 Å². The maximum atomic E-state index is 13.3. The highest BCUT2D eigenvalue weighted by molar-refractivity contribution is 7.92. The van der Waals surface area contributed by atoms with Crippen LogP contribution in [0.25, 0.3) is 0 Å². The van der Waals surface area contributed by atoms with Crippen molar-refractivity contribution in [2.45, 2.75) is 30.1 Å². The Morgan fingerprint density at radius 1 is 0.933 bits per heavy atom. The second-order valence-electron chi connectivity index (χ2n) is 7.89. The van der Waals surface area contributed by atoms with E-state index in [1.54, 1.807) is 18.2 Å². The number of hydrogen-bond donors (Lipinski definition) is 0. The van der Waals surface area contributed by atoms with E-state index in [-0.39, 0.29) is 33.1 Å². The molecule has 2 unspecified atom stereocenters. The molecular weight excluding hydrogens is 424 g/mol. The molecule has 0 saturated carbocycles. The molecule has 164 valence electrons. The van der Waals surface area contributed by atoms with Crippen LogP contribution in [0.2, 0.25) is 0 Å². The molecule has 3 rings (SSSR count). The topological polar surface area (TPSA) is 84.0 Å². The van der Waals surface area contributed by atoms with E-state index in [2.05, 4.69) is 0 Å². The molecule has 0 N–H and O–H groups in total. The first-order valence-corrected chi connectivity index (χ1v) is 12.7. The van der Waals surface area contributed by atoms with Gasteiger partial charge in [0.2, 0.25) is 10.0 Å². The fourth-order valence-electron chi connectivity index (χ4n) is 3.91. The molecule has 9 heteroatoms. The summed E-state index contributed by atoms with van der Waals surface area (Å²) < 4.78 is 60.6. The standard InChI is InChI=1S/C21H28N2O5S2/c1-16-12-17(2)15-23(14-16)30(26,27)19-10-11-21(28-4)20(13-19)22(3)29(24,25)18-8-6-5-7-9-18/h5-11,13,16-17H,12,14-15H2,1-4H3.